The Kier molecular flexibility index (Phi) is 6.76. The number of aryl methyl sites for hydroxylation is 1. The van der Waals surface area contributed by atoms with Gasteiger partial charge >= 0.3 is 0 Å². The molecule has 0 bridgehead atoms. The van der Waals surface area contributed by atoms with Gasteiger partial charge < -0.3 is 10.8 Å². The van der Waals surface area contributed by atoms with Gasteiger partial charge in [-0.1, -0.05) is 103 Å². The zero-order valence-corrected chi connectivity index (χ0v) is 21.9. The van der Waals surface area contributed by atoms with E-state index in [2.05, 4.69) is 60.7 Å². The molecule has 2 nitrogen and oxygen atoms in total. The molecule has 0 saturated carbocycles. The number of benzene rings is 5. The number of phenolic OH excluding ortho intramolecular Hbond substituents is 1. The van der Waals surface area contributed by atoms with Gasteiger partial charge in [0.25, 0.3) is 0 Å². The predicted octanol–water partition coefficient (Wildman–Crippen LogP) is 8.49. The summed E-state index contributed by atoms with van der Waals surface area (Å²) in [5.41, 5.74) is 13.6. The number of halogens is 1. The van der Waals surface area contributed by atoms with Crippen LogP contribution in [-0.2, 0) is 12.8 Å². The molecule has 5 aromatic carbocycles. The van der Waals surface area contributed by atoms with Crippen molar-refractivity contribution in [2.24, 2.45) is 11.7 Å². The molecule has 5 aromatic rings. The van der Waals surface area contributed by atoms with Gasteiger partial charge in [-0.15, -0.1) is 0 Å². The van der Waals surface area contributed by atoms with E-state index in [9.17, 15) is 0 Å². The molecule has 2 aliphatic carbocycles. The van der Waals surface area contributed by atoms with Gasteiger partial charge in [0.2, 0.25) is 0 Å². The Hall–Kier alpha value is -3.85. The normalized spacial score (nSPS) is 18.1. The Balaban J connectivity index is 0.000000200. The monoisotopic (exact) mass is 515 g/mol. The maximum Gasteiger partial charge on any atom is 0.116 e. The highest BCUT2D eigenvalue weighted by atomic mass is 35.5. The summed E-state index contributed by atoms with van der Waals surface area (Å²) in [5, 5.41) is 14.9. The molecule has 0 aromatic heterocycles. The van der Waals surface area contributed by atoms with Crippen molar-refractivity contribution in [2.75, 3.05) is 0 Å². The van der Waals surface area contributed by atoms with Gasteiger partial charge in [0.15, 0.2) is 0 Å². The van der Waals surface area contributed by atoms with E-state index < -0.39 is 0 Å². The van der Waals surface area contributed by atoms with Crippen molar-refractivity contribution < 1.29 is 5.11 Å². The second-order valence-corrected chi connectivity index (χ2v) is 10.6. The summed E-state index contributed by atoms with van der Waals surface area (Å²) in [7, 11) is 0. The number of aromatic hydroxyl groups is 1. The van der Waals surface area contributed by atoms with Crippen LogP contribution < -0.4 is 5.73 Å². The van der Waals surface area contributed by atoms with Crippen LogP contribution in [0.25, 0.3) is 27.1 Å². The first-order valence-electron chi connectivity index (χ1n) is 13.2. The van der Waals surface area contributed by atoms with Crippen molar-refractivity contribution in [1.82, 2.24) is 0 Å². The lowest BCUT2D eigenvalue weighted by Crippen LogP contribution is -2.36. The fraction of sp³-hybridized carbons (Fsp3) is 0.143. The Morgan fingerprint density at radius 3 is 2.29 bits per heavy atom. The van der Waals surface area contributed by atoms with Crippen molar-refractivity contribution in [3.05, 3.63) is 143 Å². The molecule has 0 radical (unpaired) electrons. The largest absolute Gasteiger partial charge is 0.508 e. The Morgan fingerprint density at radius 2 is 1.47 bits per heavy atom. The predicted molar refractivity (Wildman–Crippen MR) is 161 cm³/mol. The van der Waals surface area contributed by atoms with E-state index in [1.807, 2.05) is 42.5 Å². The Bertz CT molecular complexity index is 1680. The number of allylic oxidation sites excluding steroid dienone is 2. The van der Waals surface area contributed by atoms with Crippen LogP contribution in [0.4, 0.5) is 0 Å². The number of fused-ring (bicyclic) bond motifs is 5. The number of phenols is 1. The molecule has 2 aliphatic rings. The molecular weight excluding hydrogens is 486 g/mol. The van der Waals surface area contributed by atoms with E-state index in [1.54, 1.807) is 12.1 Å². The summed E-state index contributed by atoms with van der Waals surface area (Å²) in [5.74, 6) is 0.663. The van der Waals surface area contributed by atoms with Gasteiger partial charge in [-0.3, -0.25) is 0 Å². The van der Waals surface area contributed by atoms with Crippen molar-refractivity contribution in [3.8, 4) is 5.75 Å². The second-order valence-electron chi connectivity index (χ2n) is 10.2. The van der Waals surface area contributed by atoms with Crippen LogP contribution in [0.15, 0.2) is 121 Å². The minimum Gasteiger partial charge on any atom is -0.508 e. The highest BCUT2D eigenvalue weighted by Gasteiger charge is 2.29. The van der Waals surface area contributed by atoms with Crippen LogP contribution in [0.2, 0.25) is 5.02 Å². The first-order valence-corrected chi connectivity index (χ1v) is 13.5. The van der Waals surface area contributed by atoms with Crippen molar-refractivity contribution in [3.63, 3.8) is 0 Å². The first-order chi connectivity index (χ1) is 18.6. The molecule has 3 heteroatoms. The standard InChI is InChI=1S/C25H22ClN.C10H8O/c26-19-9-5-16(6-10-19)15-18-8-12-23-22-11-7-17-3-1-2-4-20(17)21(22)13-14-24(23)25(18)27;11-10-6-5-8-3-1-2-4-9(8)7-10/h1-12,18,25H,13-15,27H2;1-7,11H. The highest BCUT2D eigenvalue weighted by molar-refractivity contribution is 6.30. The van der Waals surface area contributed by atoms with Crippen LogP contribution in [0, 0.1) is 5.92 Å². The van der Waals surface area contributed by atoms with Gasteiger partial charge in [0.1, 0.15) is 5.75 Å². The zero-order chi connectivity index (χ0) is 26.1. The molecule has 2 unspecified atom stereocenters. The molecular formula is C35H30ClNO. The molecule has 0 saturated heterocycles. The van der Waals surface area contributed by atoms with E-state index >= 15 is 0 Å². The lowest BCUT2D eigenvalue weighted by molar-refractivity contribution is 0.476. The molecule has 0 amide bonds. The highest BCUT2D eigenvalue weighted by Crippen LogP contribution is 2.41. The molecule has 2 atom stereocenters. The van der Waals surface area contributed by atoms with Crippen LogP contribution in [0.3, 0.4) is 0 Å². The minimum absolute atomic E-state index is 0.0836. The third-order valence-electron chi connectivity index (χ3n) is 7.81. The van der Waals surface area contributed by atoms with E-state index in [4.69, 9.17) is 22.4 Å². The lowest BCUT2D eigenvalue weighted by atomic mass is 9.73. The van der Waals surface area contributed by atoms with Gasteiger partial charge in [0, 0.05) is 17.0 Å². The zero-order valence-electron chi connectivity index (χ0n) is 21.1. The molecule has 0 heterocycles. The average Bonchev–Trinajstić information content (AvgIpc) is 2.95. The number of rotatable bonds is 2. The molecule has 0 fully saturated rings. The fourth-order valence-corrected chi connectivity index (χ4v) is 5.96. The third-order valence-corrected chi connectivity index (χ3v) is 8.06. The van der Waals surface area contributed by atoms with Gasteiger partial charge in [-0.25, -0.2) is 0 Å². The second kappa shape index (κ2) is 10.5. The van der Waals surface area contributed by atoms with E-state index in [0.717, 1.165) is 35.1 Å². The van der Waals surface area contributed by atoms with Crippen LogP contribution in [-0.4, -0.2) is 11.1 Å². The molecule has 0 aliphatic heterocycles. The maximum atomic E-state index is 9.13. The van der Waals surface area contributed by atoms with Gasteiger partial charge in [0.05, 0.1) is 0 Å². The SMILES string of the molecule is NC1C2=C(C=CC1Cc1ccc(Cl)cc1)c1ccc3ccccc3c1CC2.Oc1ccc2ccccc2c1. The smallest absolute Gasteiger partial charge is 0.116 e. The van der Waals surface area contributed by atoms with E-state index in [0.29, 0.717) is 11.7 Å². The summed E-state index contributed by atoms with van der Waals surface area (Å²) >= 11 is 6.02. The Morgan fingerprint density at radius 1 is 0.763 bits per heavy atom. The molecule has 188 valence electrons. The summed E-state index contributed by atoms with van der Waals surface area (Å²) in [4.78, 5) is 0. The average molecular weight is 516 g/mol. The Labute approximate surface area is 228 Å². The lowest BCUT2D eigenvalue weighted by Gasteiger charge is -2.33. The quantitative estimate of drug-likeness (QED) is 0.247. The fourth-order valence-electron chi connectivity index (χ4n) is 5.83. The van der Waals surface area contributed by atoms with E-state index in [-0.39, 0.29) is 6.04 Å². The van der Waals surface area contributed by atoms with Crippen LogP contribution in [0.1, 0.15) is 23.1 Å². The summed E-state index contributed by atoms with van der Waals surface area (Å²) < 4.78 is 0. The number of hydrogen-bond acceptors (Lipinski definition) is 2. The number of nitrogens with two attached hydrogens (primary N) is 1. The van der Waals surface area contributed by atoms with Crippen LogP contribution >= 0.6 is 11.6 Å². The first kappa shape index (κ1) is 24.5. The minimum atomic E-state index is 0.0836. The molecule has 3 N–H and O–H groups in total. The molecule has 0 spiro atoms. The van der Waals surface area contributed by atoms with Gasteiger partial charge in [-0.05, 0) is 92.9 Å². The summed E-state index contributed by atoms with van der Waals surface area (Å²) in [6.07, 6.45) is 7.70. The van der Waals surface area contributed by atoms with Gasteiger partial charge in [-0.2, -0.15) is 0 Å². The van der Waals surface area contributed by atoms with Crippen molar-refractivity contribution >= 4 is 38.7 Å². The van der Waals surface area contributed by atoms with E-state index in [1.165, 1.54) is 38.6 Å². The molecule has 7 rings (SSSR count). The summed E-state index contributed by atoms with van der Waals surface area (Å²) in [6, 6.07) is 34.7. The third kappa shape index (κ3) is 4.86. The van der Waals surface area contributed by atoms with Crippen molar-refractivity contribution in [2.45, 2.75) is 25.3 Å². The summed E-state index contributed by atoms with van der Waals surface area (Å²) in [6.45, 7) is 0. The maximum absolute atomic E-state index is 9.13. The number of hydrogen-bond donors (Lipinski definition) is 2. The molecule has 38 heavy (non-hydrogen) atoms. The van der Waals surface area contributed by atoms with Crippen LogP contribution in [0.5, 0.6) is 5.75 Å². The topological polar surface area (TPSA) is 46.2 Å². The van der Waals surface area contributed by atoms with Crippen molar-refractivity contribution in [1.29, 1.82) is 0 Å².